The van der Waals surface area contributed by atoms with Gasteiger partial charge in [0.2, 0.25) is 5.91 Å². The predicted octanol–water partition coefficient (Wildman–Crippen LogP) is 3.64. The van der Waals surface area contributed by atoms with E-state index in [0.29, 0.717) is 17.7 Å². The number of benzene rings is 1. The molecule has 1 aromatic heterocycles. The van der Waals surface area contributed by atoms with Crippen molar-refractivity contribution in [2.45, 2.75) is 64.2 Å². The van der Waals surface area contributed by atoms with E-state index in [9.17, 15) is 9.59 Å². The van der Waals surface area contributed by atoms with Gasteiger partial charge in [0, 0.05) is 24.9 Å². The van der Waals surface area contributed by atoms with Gasteiger partial charge in [-0.15, -0.1) is 10.2 Å². The molecule has 0 saturated heterocycles. The van der Waals surface area contributed by atoms with Crippen LogP contribution in [0.5, 0.6) is 5.75 Å². The van der Waals surface area contributed by atoms with Gasteiger partial charge < -0.3 is 15.0 Å². The van der Waals surface area contributed by atoms with Gasteiger partial charge in [-0.2, -0.15) is 0 Å². The van der Waals surface area contributed by atoms with Gasteiger partial charge in [0.05, 0.1) is 6.61 Å². The van der Waals surface area contributed by atoms with Crippen LogP contribution in [0.4, 0.5) is 0 Å². The van der Waals surface area contributed by atoms with Gasteiger partial charge in [-0.1, -0.05) is 25.7 Å². The van der Waals surface area contributed by atoms with E-state index < -0.39 is 0 Å². The van der Waals surface area contributed by atoms with Crippen molar-refractivity contribution in [3.8, 4) is 17.1 Å². The SMILES string of the molecule is O=C(CCc1nnc(-c2ccc(OCC3CCC3)cc2)[nH]c1=O)NCC1CCCCC1. The fourth-order valence-electron chi connectivity index (χ4n) is 4.21. The molecule has 0 aliphatic heterocycles. The van der Waals surface area contributed by atoms with Gasteiger partial charge in [-0.25, -0.2) is 0 Å². The first-order valence-corrected chi connectivity index (χ1v) is 11.6. The number of carbonyl (C=O) groups is 1. The van der Waals surface area contributed by atoms with Crippen LogP contribution in [0, 0.1) is 11.8 Å². The second-order valence-corrected chi connectivity index (χ2v) is 8.89. The zero-order chi connectivity index (χ0) is 21.5. The lowest BCUT2D eigenvalue weighted by Gasteiger charge is -2.25. The Hall–Kier alpha value is -2.70. The summed E-state index contributed by atoms with van der Waals surface area (Å²) in [6, 6.07) is 7.51. The normalized spacial score (nSPS) is 17.2. The van der Waals surface area contributed by atoms with Crippen molar-refractivity contribution in [3.63, 3.8) is 0 Å². The van der Waals surface area contributed by atoms with Crippen LogP contribution in [-0.2, 0) is 11.2 Å². The molecule has 1 aromatic carbocycles. The molecule has 4 rings (SSSR count). The lowest BCUT2D eigenvalue weighted by Crippen LogP contribution is -2.31. The zero-order valence-corrected chi connectivity index (χ0v) is 18.1. The summed E-state index contributed by atoms with van der Waals surface area (Å²) in [6.07, 6.45) is 10.6. The molecule has 1 amide bonds. The molecule has 166 valence electrons. The monoisotopic (exact) mass is 424 g/mol. The number of aromatic amines is 1. The van der Waals surface area contributed by atoms with Crippen LogP contribution in [0.15, 0.2) is 29.1 Å². The minimum absolute atomic E-state index is 0.0339. The fourth-order valence-corrected chi connectivity index (χ4v) is 4.21. The van der Waals surface area contributed by atoms with Crippen LogP contribution >= 0.6 is 0 Å². The van der Waals surface area contributed by atoms with E-state index in [1.54, 1.807) is 0 Å². The topological polar surface area (TPSA) is 97.0 Å². The molecule has 2 saturated carbocycles. The number of carbonyl (C=O) groups excluding carboxylic acids is 1. The number of aromatic nitrogens is 3. The van der Waals surface area contributed by atoms with E-state index in [1.165, 1.54) is 51.4 Å². The largest absolute Gasteiger partial charge is 0.493 e. The third-order valence-corrected chi connectivity index (χ3v) is 6.50. The Morgan fingerprint density at radius 2 is 1.74 bits per heavy atom. The average Bonchev–Trinajstić information content (AvgIpc) is 2.77. The Morgan fingerprint density at radius 3 is 2.42 bits per heavy atom. The van der Waals surface area contributed by atoms with E-state index in [0.717, 1.165) is 24.5 Å². The van der Waals surface area contributed by atoms with Crippen LogP contribution in [0.3, 0.4) is 0 Å². The maximum atomic E-state index is 12.4. The number of ether oxygens (including phenoxy) is 1. The summed E-state index contributed by atoms with van der Waals surface area (Å²) in [4.78, 5) is 27.3. The fraction of sp³-hybridized carbons (Fsp3) is 0.583. The number of nitrogens with one attached hydrogen (secondary N) is 2. The molecule has 0 unspecified atom stereocenters. The molecule has 0 spiro atoms. The maximum absolute atomic E-state index is 12.4. The predicted molar refractivity (Wildman–Crippen MR) is 119 cm³/mol. The van der Waals surface area contributed by atoms with Crippen molar-refractivity contribution < 1.29 is 9.53 Å². The molecule has 0 radical (unpaired) electrons. The van der Waals surface area contributed by atoms with Crippen LogP contribution in [-0.4, -0.2) is 34.2 Å². The summed E-state index contributed by atoms with van der Waals surface area (Å²) in [6.45, 7) is 1.50. The molecule has 1 heterocycles. The van der Waals surface area contributed by atoms with Gasteiger partial charge in [0.25, 0.3) is 5.56 Å². The summed E-state index contributed by atoms with van der Waals surface area (Å²) in [5.41, 5.74) is 0.768. The number of rotatable bonds is 9. The number of hydrogen-bond donors (Lipinski definition) is 2. The molecule has 0 atom stereocenters. The number of H-pyrrole nitrogens is 1. The number of nitrogens with zero attached hydrogens (tertiary/aromatic N) is 2. The lowest BCUT2D eigenvalue weighted by molar-refractivity contribution is -0.121. The minimum atomic E-state index is -0.296. The lowest BCUT2D eigenvalue weighted by atomic mass is 9.86. The first-order chi connectivity index (χ1) is 15.2. The molecular weight excluding hydrogens is 392 g/mol. The Labute approximate surface area is 183 Å². The van der Waals surface area contributed by atoms with Crippen molar-refractivity contribution in [2.24, 2.45) is 11.8 Å². The van der Waals surface area contributed by atoms with Crippen molar-refractivity contribution in [2.75, 3.05) is 13.2 Å². The Bertz CT molecular complexity index is 915. The van der Waals surface area contributed by atoms with E-state index >= 15 is 0 Å². The standard InChI is InChI=1S/C24H32N4O3/c29-22(25-15-17-5-2-1-3-6-17)14-13-21-24(30)26-23(28-27-21)19-9-11-20(12-10-19)31-16-18-7-4-8-18/h9-12,17-18H,1-8,13-16H2,(H,25,29)(H,26,28,30). The first kappa shape index (κ1) is 21.5. The average molecular weight is 425 g/mol. The smallest absolute Gasteiger partial charge is 0.273 e. The highest BCUT2D eigenvalue weighted by atomic mass is 16.5. The second-order valence-electron chi connectivity index (χ2n) is 8.89. The third-order valence-electron chi connectivity index (χ3n) is 6.50. The van der Waals surface area contributed by atoms with Crippen molar-refractivity contribution in [1.29, 1.82) is 0 Å². The molecular formula is C24H32N4O3. The second kappa shape index (κ2) is 10.6. The van der Waals surface area contributed by atoms with E-state index in [4.69, 9.17) is 4.74 Å². The third kappa shape index (κ3) is 6.15. The molecule has 0 bridgehead atoms. The van der Waals surface area contributed by atoms with Crippen LogP contribution in [0.1, 0.15) is 63.5 Å². The van der Waals surface area contributed by atoms with Gasteiger partial charge in [0.15, 0.2) is 5.82 Å². The molecule has 31 heavy (non-hydrogen) atoms. The molecule has 2 N–H and O–H groups in total. The summed E-state index contributed by atoms with van der Waals surface area (Å²) < 4.78 is 5.81. The van der Waals surface area contributed by atoms with Crippen LogP contribution in [0.25, 0.3) is 11.4 Å². The van der Waals surface area contributed by atoms with Gasteiger partial charge in [0.1, 0.15) is 11.4 Å². The Kier molecular flexibility index (Phi) is 7.33. The summed E-state index contributed by atoms with van der Waals surface area (Å²) in [5.74, 6) is 2.48. The highest BCUT2D eigenvalue weighted by Crippen LogP contribution is 2.27. The van der Waals surface area contributed by atoms with Gasteiger partial charge in [-0.05, 0) is 61.8 Å². The van der Waals surface area contributed by atoms with Gasteiger partial charge >= 0.3 is 0 Å². The van der Waals surface area contributed by atoms with E-state index in [-0.39, 0.29) is 30.0 Å². The first-order valence-electron chi connectivity index (χ1n) is 11.6. The minimum Gasteiger partial charge on any atom is -0.493 e. The highest BCUT2D eigenvalue weighted by molar-refractivity contribution is 5.76. The summed E-state index contributed by atoms with van der Waals surface area (Å²) >= 11 is 0. The van der Waals surface area contributed by atoms with Crippen molar-refractivity contribution in [3.05, 3.63) is 40.3 Å². The van der Waals surface area contributed by atoms with E-state index in [1.807, 2.05) is 24.3 Å². The van der Waals surface area contributed by atoms with Crippen LogP contribution < -0.4 is 15.6 Å². The number of amides is 1. The van der Waals surface area contributed by atoms with Crippen LogP contribution in [0.2, 0.25) is 0 Å². The Morgan fingerprint density at radius 1 is 1.00 bits per heavy atom. The number of hydrogen-bond acceptors (Lipinski definition) is 5. The quantitative estimate of drug-likeness (QED) is 0.641. The molecule has 2 aliphatic rings. The molecule has 7 heteroatoms. The summed E-state index contributed by atoms with van der Waals surface area (Å²) in [7, 11) is 0. The Balaban J connectivity index is 1.26. The number of aryl methyl sites for hydroxylation is 1. The zero-order valence-electron chi connectivity index (χ0n) is 18.1. The highest BCUT2D eigenvalue weighted by Gasteiger charge is 2.18. The van der Waals surface area contributed by atoms with Crippen molar-refractivity contribution >= 4 is 5.91 Å². The molecule has 2 aliphatic carbocycles. The molecule has 2 fully saturated rings. The van der Waals surface area contributed by atoms with Crippen molar-refractivity contribution in [1.82, 2.24) is 20.5 Å². The molecule has 7 nitrogen and oxygen atoms in total. The molecule has 2 aromatic rings. The maximum Gasteiger partial charge on any atom is 0.273 e. The van der Waals surface area contributed by atoms with E-state index in [2.05, 4.69) is 20.5 Å². The summed E-state index contributed by atoms with van der Waals surface area (Å²) in [5, 5.41) is 11.2. The van der Waals surface area contributed by atoms with Gasteiger partial charge in [-0.3, -0.25) is 9.59 Å².